The minimum Gasteiger partial charge on any atom is -0.399 e. The number of nitrogen functional groups attached to an aromatic ring is 1. The molecule has 1 aromatic carbocycles. The lowest BCUT2D eigenvalue weighted by Gasteiger charge is -2.42. The molecule has 1 fully saturated rings. The number of rotatable bonds is 5. The van der Waals surface area contributed by atoms with E-state index < -0.39 is 0 Å². The van der Waals surface area contributed by atoms with E-state index in [4.69, 9.17) is 5.73 Å². The standard InChI is InChI=1S/C18H30N2/c1-4-16-9-5-6-11-18(16)20(14(2)3)13-15-8-7-10-17(19)12-15/h7-8,10,12,14,16,18H,4-6,9,11,13,19H2,1-3H3. The van der Waals surface area contributed by atoms with Crippen LogP contribution in [0.25, 0.3) is 0 Å². The number of hydrogen-bond acceptors (Lipinski definition) is 2. The number of nitrogens with two attached hydrogens (primary N) is 1. The minimum atomic E-state index is 0.591. The van der Waals surface area contributed by atoms with E-state index in [9.17, 15) is 0 Å². The highest BCUT2D eigenvalue weighted by Gasteiger charge is 2.30. The van der Waals surface area contributed by atoms with E-state index in [1.54, 1.807) is 0 Å². The van der Waals surface area contributed by atoms with Crippen LogP contribution in [-0.4, -0.2) is 17.0 Å². The number of benzene rings is 1. The lowest BCUT2D eigenvalue weighted by atomic mass is 9.81. The quantitative estimate of drug-likeness (QED) is 0.804. The monoisotopic (exact) mass is 274 g/mol. The van der Waals surface area contributed by atoms with Gasteiger partial charge in [0.05, 0.1) is 0 Å². The molecule has 0 radical (unpaired) electrons. The van der Waals surface area contributed by atoms with Crippen molar-refractivity contribution in [3.8, 4) is 0 Å². The van der Waals surface area contributed by atoms with Crippen LogP contribution in [0.2, 0.25) is 0 Å². The lowest BCUT2D eigenvalue weighted by Crippen LogP contribution is -2.45. The van der Waals surface area contributed by atoms with E-state index in [2.05, 4.69) is 43.9 Å². The molecule has 0 bridgehead atoms. The Morgan fingerprint density at radius 1 is 1.25 bits per heavy atom. The molecule has 0 aromatic heterocycles. The van der Waals surface area contributed by atoms with Gasteiger partial charge in [-0.15, -0.1) is 0 Å². The second kappa shape index (κ2) is 7.12. The van der Waals surface area contributed by atoms with Gasteiger partial charge in [-0.05, 0) is 50.3 Å². The van der Waals surface area contributed by atoms with Crippen LogP contribution in [0.1, 0.15) is 58.4 Å². The van der Waals surface area contributed by atoms with Gasteiger partial charge in [0, 0.05) is 24.3 Å². The normalized spacial score (nSPS) is 23.4. The average molecular weight is 274 g/mol. The van der Waals surface area contributed by atoms with Crippen molar-refractivity contribution >= 4 is 5.69 Å². The first kappa shape index (κ1) is 15.4. The van der Waals surface area contributed by atoms with E-state index >= 15 is 0 Å². The molecule has 1 saturated carbocycles. The van der Waals surface area contributed by atoms with Gasteiger partial charge < -0.3 is 5.73 Å². The van der Waals surface area contributed by atoms with Crippen LogP contribution in [0.4, 0.5) is 5.69 Å². The van der Waals surface area contributed by atoms with Gasteiger partial charge in [0.1, 0.15) is 0 Å². The molecule has 1 aliphatic rings. The maximum atomic E-state index is 5.92. The van der Waals surface area contributed by atoms with Crippen LogP contribution in [0, 0.1) is 5.92 Å². The highest BCUT2D eigenvalue weighted by Crippen LogP contribution is 2.32. The zero-order chi connectivity index (χ0) is 14.5. The molecule has 20 heavy (non-hydrogen) atoms. The minimum absolute atomic E-state index is 0.591. The first-order chi connectivity index (χ1) is 9.61. The molecule has 0 aliphatic heterocycles. The fraction of sp³-hybridized carbons (Fsp3) is 0.667. The smallest absolute Gasteiger partial charge is 0.0317 e. The molecule has 1 aliphatic carbocycles. The SMILES string of the molecule is CCC1CCCCC1N(Cc1cccc(N)c1)C(C)C. The van der Waals surface area contributed by atoms with Crippen molar-refractivity contribution in [3.05, 3.63) is 29.8 Å². The van der Waals surface area contributed by atoms with Crippen molar-refractivity contribution < 1.29 is 0 Å². The summed E-state index contributed by atoms with van der Waals surface area (Å²) in [6.45, 7) is 8.03. The maximum absolute atomic E-state index is 5.92. The van der Waals surface area contributed by atoms with Gasteiger partial charge in [-0.1, -0.05) is 38.3 Å². The Labute approximate surface area is 124 Å². The molecule has 2 nitrogen and oxygen atoms in total. The fourth-order valence-electron chi connectivity index (χ4n) is 3.69. The maximum Gasteiger partial charge on any atom is 0.0317 e. The summed E-state index contributed by atoms with van der Waals surface area (Å²) in [7, 11) is 0. The van der Waals surface area contributed by atoms with Crippen LogP contribution in [0.15, 0.2) is 24.3 Å². The third-order valence-corrected chi connectivity index (χ3v) is 4.80. The fourth-order valence-corrected chi connectivity index (χ4v) is 3.69. The summed E-state index contributed by atoms with van der Waals surface area (Å²) in [4.78, 5) is 2.70. The van der Waals surface area contributed by atoms with Gasteiger partial charge in [-0.2, -0.15) is 0 Å². The van der Waals surface area contributed by atoms with Gasteiger partial charge in [0.2, 0.25) is 0 Å². The third-order valence-electron chi connectivity index (χ3n) is 4.80. The summed E-state index contributed by atoms with van der Waals surface area (Å²) in [6.07, 6.45) is 6.88. The Kier molecular flexibility index (Phi) is 5.47. The van der Waals surface area contributed by atoms with E-state index in [-0.39, 0.29) is 0 Å². The first-order valence-electron chi connectivity index (χ1n) is 8.22. The zero-order valence-corrected chi connectivity index (χ0v) is 13.3. The summed E-state index contributed by atoms with van der Waals surface area (Å²) in [5, 5.41) is 0. The Morgan fingerprint density at radius 2 is 2.00 bits per heavy atom. The molecule has 0 saturated heterocycles. The van der Waals surface area contributed by atoms with Crippen LogP contribution in [-0.2, 0) is 6.54 Å². The number of anilines is 1. The molecule has 1 aromatic rings. The topological polar surface area (TPSA) is 29.3 Å². The molecule has 2 atom stereocenters. The van der Waals surface area contributed by atoms with Crippen LogP contribution in [0.3, 0.4) is 0 Å². The van der Waals surface area contributed by atoms with Crippen LogP contribution < -0.4 is 5.73 Å². The van der Waals surface area contributed by atoms with Crippen molar-refractivity contribution in [1.82, 2.24) is 4.90 Å². The van der Waals surface area contributed by atoms with Crippen molar-refractivity contribution in [1.29, 1.82) is 0 Å². The van der Waals surface area contributed by atoms with Gasteiger partial charge in [-0.25, -0.2) is 0 Å². The van der Waals surface area contributed by atoms with Crippen molar-refractivity contribution in [2.24, 2.45) is 5.92 Å². The Morgan fingerprint density at radius 3 is 2.65 bits per heavy atom. The Bertz CT molecular complexity index is 414. The highest BCUT2D eigenvalue weighted by atomic mass is 15.2. The Hall–Kier alpha value is -1.02. The zero-order valence-electron chi connectivity index (χ0n) is 13.3. The number of hydrogen-bond donors (Lipinski definition) is 1. The molecule has 112 valence electrons. The van der Waals surface area contributed by atoms with Crippen molar-refractivity contribution in [2.75, 3.05) is 5.73 Å². The molecule has 2 unspecified atom stereocenters. The van der Waals surface area contributed by atoms with E-state index in [0.717, 1.165) is 24.2 Å². The van der Waals surface area contributed by atoms with Crippen LogP contribution in [0.5, 0.6) is 0 Å². The largest absolute Gasteiger partial charge is 0.399 e. The molecule has 0 spiro atoms. The summed E-state index contributed by atoms with van der Waals surface area (Å²) < 4.78 is 0. The molecule has 0 amide bonds. The average Bonchev–Trinajstić information content (AvgIpc) is 2.44. The van der Waals surface area contributed by atoms with Crippen LogP contribution >= 0.6 is 0 Å². The highest BCUT2D eigenvalue weighted by molar-refractivity contribution is 5.40. The molecular formula is C18H30N2. The third kappa shape index (κ3) is 3.76. The summed E-state index contributed by atoms with van der Waals surface area (Å²) >= 11 is 0. The Balaban J connectivity index is 2.13. The summed E-state index contributed by atoms with van der Waals surface area (Å²) in [6, 6.07) is 9.71. The number of nitrogens with zero attached hydrogens (tertiary/aromatic N) is 1. The predicted octanol–water partition coefficient (Wildman–Crippen LogP) is 4.45. The van der Waals surface area contributed by atoms with E-state index in [1.807, 2.05) is 6.07 Å². The second-order valence-corrected chi connectivity index (χ2v) is 6.53. The molecule has 2 N–H and O–H groups in total. The molecule has 0 heterocycles. The molecule has 2 heteroatoms. The first-order valence-corrected chi connectivity index (χ1v) is 8.22. The van der Waals surface area contributed by atoms with E-state index in [0.29, 0.717) is 6.04 Å². The summed E-state index contributed by atoms with van der Waals surface area (Å²) in [5.74, 6) is 0.868. The predicted molar refractivity (Wildman–Crippen MR) is 87.6 cm³/mol. The van der Waals surface area contributed by atoms with Crippen molar-refractivity contribution in [3.63, 3.8) is 0 Å². The van der Waals surface area contributed by atoms with Gasteiger partial charge >= 0.3 is 0 Å². The molecular weight excluding hydrogens is 244 g/mol. The van der Waals surface area contributed by atoms with Gasteiger partial charge in [0.15, 0.2) is 0 Å². The summed E-state index contributed by atoms with van der Waals surface area (Å²) in [5.41, 5.74) is 8.15. The van der Waals surface area contributed by atoms with E-state index in [1.165, 1.54) is 37.7 Å². The molecule has 2 rings (SSSR count). The lowest BCUT2D eigenvalue weighted by molar-refractivity contribution is 0.0663. The second-order valence-electron chi connectivity index (χ2n) is 6.53. The van der Waals surface area contributed by atoms with Gasteiger partial charge in [0.25, 0.3) is 0 Å². The van der Waals surface area contributed by atoms with Crippen molar-refractivity contribution in [2.45, 2.75) is 71.5 Å². The van der Waals surface area contributed by atoms with Gasteiger partial charge in [-0.3, -0.25) is 4.90 Å².